The first-order valence-electron chi connectivity index (χ1n) is 6.97. The number of hydrogen-bond donors (Lipinski definition) is 2. The zero-order valence-electron chi connectivity index (χ0n) is 10.8. The summed E-state index contributed by atoms with van der Waals surface area (Å²) in [5.74, 6) is 0.0761. The number of hydrogen-bond acceptors (Lipinski definition) is 3. The van der Waals surface area contributed by atoms with Crippen molar-refractivity contribution in [1.82, 2.24) is 5.32 Å². The Balaban J connectivity index is 1.60. The Morgan fingerprint density at radius 3 is 2.84 bits per heavy atom. The van der Waals surface area contributed by atoms with Crippen LogP contribution in [0, 0.1) is 0 Å². The molecule has 1 heterocycles. The molecule has 3 nitrogen and oxygen atoms in total. The molecule has 0 spiro atoms. The summed E-state index contributed by atoms with van der Waals surface area (Å²) in [6.45, 7) is 0. The normalized spacial score (nSPS) is 29.8. The van der Waals surface area contributed by atoms with E-state index >= 15 is 0 Å². The van der Waals surface area contributed by atoms with Crippen LogP contribution in [0.5, 0.6) is 0 Å². The number of rotatable bonds is 2. The van der Waals surface area contributed by atoms with Crippen LogP contribution in [0.25, 0.3) is 0 Å². The molecular weight excluding hydrogens is 258 g/mol. The van der Waals surface area contributed by atoms with Crippen molar-refractivity contribution in [3.63, 3.8) is 0 Å². The summed E-state index contributed by atoms with van der Waals surface area (Å²) in [6.07, 6.45) is 4.30. The van der Waals surface area contributed by atoms with Gasteiger partial charge in [0.05, 0.1) is 17.4 Å². The van der Waals surface area contributed by atoms with Crippen molar-refractivity contribution in [1.29, 1.82) is 0 Å². The molecule has 2 aliphatic rings. The van der Waals surface area contributed by atoms with Gasteiger partial charge >= 0.3 is 0 Å². The minimum Gasteiger partial charge on any atom is -0.391 e. The number of benzene rings is 1. The van der Waals surface area contributed by atoms with Crippen LogP contribution in [0.4, 0.5) is 0 Å². The first-order chi connectivity index (χ1) is 9.24. The van der Waals surface area contributed by atoms with Crippen molar-refractivity contribution in [3.8, 4) is 0 Å². The minimum atomic E-state index is -0.369. The van der Waals surface area contributed by atoms with E-state index in [1.807, 2.05) is 12.1 Å². The highest BCUT2D eigenvalue weighted by molar-refractivity contribution is 8.01. The Morgan fingerprint density at radius 2 is 2.05 bits per heavy atom. The molecule has 0 saturated heterocycles. The molecule has 1 aliphatic heterocycles. The maximum Gasteiger partial charge on any atom is 0.234 e. The number of amides is 1. The zero-order chi connectivity index (χ0) is 13.2. The third kappa shape index (κ3) is 2.79. The molecule has 1 aromatic carbocycles. The van der Waals surface area contributed by atoms with E-state index < -0.39 is 0 Å². The van der Waals surface area contributed by atoms with Gasteiger partial charge in [0.25, 0.3) is 0 Å². The predicted octanol–water partition coefficient (Wildman–Crippen LogP) is 2.12. The maximum atomic E-state index is 12.3. The number of fused-ring (bicyclic) bond motifs is 1. The summed E-state index contributed by atoms with van der Waals surface area (Å²) in [4.78, 5) is 13.5. The van der Waals surface area contributed by atoms with Crippen molar-refractivity contribution in [2.24, 2.45) is 0 Å². The summed E-state index contributed by atoms with van der Waals surface area (Å²) in [7, 11) is 0. The monoisotopic (exact) mass is 277 g/mol. The van der Waals surface area contributed by atoms with Gasteiger partial charge in [-0.15, -0.1) is 11.8 Å². The number of nitrogens with one attached hydrogen (secondary N) is 1. The van der Waals surface area contributed by atoms with Crippen molar-refractivity contribution in [2.45, 2.75) is 54.4 Å². The lowest BCUT2D eigenvalue weighted by molar-refractivity contribution is -0.122. The average molecular weight is 277 g/mol. The lowest BCUT2D eigenvalue weighted by atomic mass is 9.92. The molecule has 0 radical (unpaired) electrons. The van der Waals surface area contributed by atoms with Crippen LogP contribution in [-0.2, 0) is 11.2 Å². The Bertz CT molecular complexity index is 452. The fourth-order valence-corrected chi connectivity index (χ4v) is 4.09. The highest BCUT2D eigenvalue weighted by Crippen LogP contribution is 2.37. The van der Waals surface area contributed by atoms with E-state index in [1.165, 1.54) is 10.5 Å². The Kier molecular flexibility index (Phi) is 3.80. The molecule has 1 aromatic rings. The van der Waals surface area contributed by atoms with Crippen LogP contribution in [0.15, 0.2) is 29.2 Å². The van der Waals surface area contributed by atoms with Gasteiger partial charge in [0.1, 0.15) is 0 Å². The summed E-state index contributed by atoms with van der Waals surface area (Å²) < 4.78 is 0. The van der Waals surface area contributed by atoms with Crippen LogP contribution in [0.3, 0.4) is 0 Å². The molecule has 3 rings (SSSR count). The SMILES string of the molecule is O=C(N[C@@H]1CCCC[C@H]1O)C1Cc2ccccc2S1. The van der Waals surface area contributed by atoms with Crippen LogP contribution < -0.4 is 5.32 Å². The highest BCUT2D eigenvalue weighted by Gasteiger charge is 2.31. The molecule has 0 bridgehead atoms. The second-order valence-corrected chi connectivity index (χ2v) is 6.63. The van der Waals surface area contributed by atoms with E-state index in [0.717, 1.165) is 32.1 Å². The minimum absolute atomic E-state index is 0.0356. The van der Waals surface area contributed by atoms with Gasteiger partial charge in [-0.2, -0.15) is 0 Å². The Morgan fingerprint density at radius 1 is 1.26 bits per heavy atom. The number of carbonyl (C=O) groups is 1. The summed E-state index contributed by atoms with van der Waals surface area (Å²) in [5.41, 5.74) is 1.26. The third-order valence-electron chi connectivity index (χ3n) is 4.00. The van der Waals surface area contributed by atoms with E-state index in [1.54, 1.807) is 11.8 Å². The van der Waals surface area contributed by atoms with Crippen LogP contribution >= 0.6 is 11.8 Å². The largest absolute Gasteiger partial charge is 0.391 e. The zero-order valence-corrected chi connectivity index (χ0v) is 11.7. The first-order valence-corrected chi connectivity index (χ1v) is 7.85. The van der Waals surface area contributed by atoms with E-state index in [4.69, 9.17) is 0 Å². The molecular formula is C15H19NO2S. The van der Waals surface area contributed by atoms with Gasteiger partial charge in [-0.3, -0.25) is 4.79 Å². The number of aliphatic hydroxyl groups excluding tert-OH is 1. The van der Waals surface area contributed by atoms with E-state index in [-0.39, 0.29) is 23.3 Å². The summed E-state index contributed by atoms with van der Waals surface area (Å²) in [6, 6.07) is 8.14. The Hall–Kier alpha value is -1.00. The molecule has 1 saturated carbocycles. The van der Waals surface area contributed by atoms with Crippen LogP contribution in [0.1, 0.15) is 31.2 Å². The summed E-state index contributed by atoms with van der Waals surface area (Å²) in [5, 5.41) is 12.9. The van der Waals surface area contributed by atoms with Crippen LogP contribution in [-0.4, -0.2) is 28.4 Å². The standard InChI is InChI=1S/C15H19NO2S/c17-12-7-3-2-6-11(12)16-15(18)14-9-10-5-1-4-8-13(10)19-14/h1,4-5,8,11-12,14,17H,2-3,6-7,9H2,(H,16,18)/t11-,12-,14?/m1/s1. The first kappa shape index (κ1) is 13.0. The summed E-state index contributed by atoms with van der Waals surface area (Å²) >= 11 is 1.64. The van der Waals surface area contributed by atoms with Crippen molar-refractivity contribution in [2.75, 3.05) is 0 Å². The fourth-order valence-electron chi connectivity index (χ4n) is 2.88. The lowest BCUT2D eigenvalue weighted by Crippen LogP contribution is -2.47. The molecule has 1 amide bonds. The predicted molar refractivity (Wildman–Crippen MR) is 76.2 cm³/mol. The molecule has 102 valence electrons. The van der Waals surface area contributed by atoms with E-state index in [2.05, 4.69) is 17.4 Å². The lowest BCUT2D eigenvalue weighted by Gasteiger charge is -2.29. The van der Waals surface area contributed by atoms with Gasteiger partial charge in [-0.1, -0.05) is 31.0 Å². The number of aliphatic hydroxyl groups is 1. The van der Waals surface area contributed by atoms with Crippen molar-refractivity contribution in [3.05, 3.63) is 29.8 Å². The van der Waals surface area contributed by atoms with Gasteiger partial charge in [0, 0.05) is 4.90 Å². The van der Waals surface area contributed by atoms with Gasteiger partial charge in [-0.25, -0.2) is 0 Å². The second-order valence-electron chi connectivity index (χ2n) is 5.39. The maximum absolute atomic E-state index is 12.3. The molecule has 2 N–H and O–H groups in total. The van der Waals surface area contributed by atoms with Gasteiger partial charge in [0.15, 0.2) is 0 Å². The van der Waals surface area contributed by atoms with Crippen molar-refractivity contribution >= 4 is 17.7 Å². The highest BCUT2D eigenvalue weighted by atomic mass is 32.2. The topological polar surface area (TPSA) is 49.3 Å². The molecule has 0 aromatic heterocycles. The number of carbonyl (C=O) groups excluding carboxylic acids is 1. The Labute approximate surface area is 117 Å². The molecule has 1 aliphatic carbocycles. The fraction of sp³-hybridized carbons (Fsp3) is 0.533. The smallest absolute Gasteiger partial charge is 0.234 e. The van der Waals surface area contributed by atoms with E-state index in [9.17, 15) is 9.90 Å². The molecule has 3 atom stereocenters. The van der Waals surface area contributed by atoms with Crippen LogP contribution in [0.2, 0.25) is 0 Å². The molecule has 4 heteroatoms. The van der Waals surface area contributed by atoms with Gasteiger partial charge < -0.3 is 10.4 Å². The molecule has 1 unspecified atom stereocenters. The van der Waals surface area contributed by atoms with Gasteiger partial charge in [-0.05, 0) is 30.9 Å². The second kappa shape index (κ2) is 5.55. The third-order valence-corrected chi connectivity index (χ3v) is 5.31. The quantitative estimate of drug-likeness (QED) is 0.870. The van der Waals surface area contributed by atoms with E-state index in [0.29, 0.717) is 0 Å². The number of thioether (sulfide) groups is 1. The van der Waals surface area contributed by atoms with Gasteiger partial charge in [0.2, 0.25) is 5.91 Å². The average Bonchev–Trinajstić information content (AvgIpc) is 2.85. The van der Waals surface area contributed by atoms with Crippen molar-refractivity contribution < 1.29 is 9.90 Å². The molecule has 19 heavy (non-hydrogen) atoms. The molecule has 1 fully saturated rings.